The fraction of sp³-hybridized carbons (Fsp3) is 0.0357. The third kappa shape index (κ3) is 4.76. The second-order valence-corrected chi connectivity index (χ2v) is 8.68. The number of halogens is 1. The lowest BCUT2D eigenvalue weighted by molar-refractivity contribution is 0.102. The van der Waals surface area contributed by atoms with Crippen LogP contribution in [0.5, 0.6) is 11.6 Å². The summed E-state index contributed by atoms with van der Waals surface area (Å²) < 4.78 is 22.3. The Kier molecular flexibility index (Phi) is 5.92. The van der Waals surface area contributed by atoms with Crippen LogP contribution in [0.4, 0.5) is 10.1 Å². The van der Waals surface area contributed by atoms with E-state index in [1.807, 2.05) is 19.3 Å². The summed E-state index contributed by atoms with van der Waals surface area (Å²) in [5.74, 6) is -0.123. The number of carbonyl (C=O) groups is 1. The number of carbonyl (C=O) groups excluding carboxylic acids is 1. The van der Waals surface area contributed by atoms with Crippen LogP contribution >= 0.6 is 0 Å². The number of ether oxygens (including phenoxy) is 1. The first-order valence-corrected chi connectivity index (χ1v) is 11.8. The number of benzene rings is 2. The predicted molar refractivity (Wildman–Crippen MR) is 143 cm³/mol. The Hall–Kier alpha value is -5.58. The van der Waals surface area contributed by atoms with Gasteiger partial charge in [-0.25, -0.2) is 14.4 Å². The van der Waals surface area contributed by atoms with E-state index in [9.17, 15) is 14.0 Å². The lowest BCUT2D eigenvalue weighted by atomic mass is 10.2. The van der Waals surface area contributed by atoms with Gasteiger partial charge in [-0.15, -0.1) is 0 Å². The van der Waals surface area contributed by atoms with Crippen molar-refractivity contribution in [2.24, 2.45) is 7.05 Å². The number of amides is 1. The smallest absolute Gasteiger partial charge is 0.267 e. The minimum absolute atomic E-state index is 0.0533. The molecule has 1 amide bonds. The number of aromatic amines is 1. The third-order valence-corrected chi connectivity index (χ3v) is 6.03. The molecule has 6 rings (SSSR count). The summed E-state index contributed by atoms with van der Waals surface area (Å²) in [5, 5.41) is 7.62. The highest BCUT2D eigenvalue weighted by Gasteiger charge is 2.15. The Morgan fingerprint density at radius 1 is 1.05 bits per heavy atom. The number of aryl methyl sites for hydroxylation is 1. The first kappa shape index (κ1) is 23.8. The number of H-pyrrole nitrogens is 1. The lowest BCUT2D eigenvalue weighted by Crippen LogP contribution is -2.27. The molecule has 0 saturated carbocycles. The van der Waals surface area contributed by atoms with E-state index in [-0.39, 0.29) is 5.56 Å². The highest BCUT2D eigenvalue weighted by Crippen LogP contribution is 2.31. The molecule has 0 saturated heterocycles. The summed E-state index contributed by atoms with van der Waals surface area (Å²) in [7, 11) is 1.84. The van der Waals surface area contributed by atoms with Crippen molar-refractivity contribution in [2.45, 2.75) is 0 Å². The van der Waals surface area contributed by atoms with E-state index in [4.69, 9.17) is 4.74 Å². The zero-order valence-corrected chi connectivity index (χ0v) is 20.5. The van der Waals surface area contributed by atoms with Gasteiger partial charge in [-0.1, -0.05) is 0 Å². The van der Waals surface area contributed by atoms with Crippen LogP contribution in [0.2, 0.25) is 0 Å². The van der Waals surface area contributed by atoms with Crippen molar-refractivity contribution in [1.29, 1.82) is 0 Å². The molecule has 39 heavy (non-hydrogen) atoms. The molecule has 11 heteroatoms. The molecule has 2 aromatic carbocycles. The minimum Gasteiger partial charge on any atom is -0.438 e. The standard InChI is InChI=1S/C28H20FN7O3/c1-35-15-17(14-32-35)24-13-23-25(34-24)30-16-31-27(23)39-21-10-6-19(7-11-21)33-26(37)22-3-2-12-36(28(22)38)20-8-4-18(29)5-9-20/h2-16H,1H3,(H,33,37)(H,30,31,34). The van der Waals surface area contributed by atoms with E-state index >= 15 is 0 Å². The van der Waals surface area contributed by atoms with Gasteiger partial charge in [0.05, 0.1) is 17.3 Å². The Morgan fingerprint density at radius 3 is 2.59 bits per heavy atom. The summed E-state index contributed by atoms with van der Waals surface area (Å²) >= 11 is 0. The van der Waals surface area contributed by atoms with Gasteiger partial charge in [-0.2, -0.15) is 5.10 Å². The number of nitrogens with zero attached hydrogens (tertiary/aromatic N) is 5. The van der Waals surface area contributed by atoms with E-state index in [1.54, 1.807) is 41.2 Å². The fourth-order valence-electron chi connectivity index (χ4n) is 4.10. The number of pyridine rings is 1. The quantitative estimate of drug-likeness (QED) is 0.328. The molecule has 0 atom stereocenters. The van der Waals surface area contributed by atoms with Gasteiger partial charge in [0.1, 0.15) is 29.1 Å². The molecule has 4 heterocycles. The molecule has 0 aliphatic carbocycles. The van der Waals surface area contributed by atoms with E-state index in [0.717, 1.165) is 11.3 Å². The average molecular weight is 522 g/mol. The van der Waals surface area contributed by atoms with E-state index < -0.39 is 17.3 Å². The van der Waals surface area contributed by atoms with Gasteiger partial charge in [0.15, 0.2) is 0 Å². The molecule has 0 spiro atoms. The summed E-state index contributed by atoms with van der Waals surface area (Å²) in [6.45, 7) is 0. The van der Waals surface area contributed by atoms with E-state index in [0.29, 0.717) is 34.0 Å². The third-order valence-electron chi connectivity index (χ3n) is 6.03. The summed E-state index contributed by atoms with van der Waals surface area (Å²) in [4.78, 5) is 37.6. The van der Waals surface area contributed by atoms with Crippen LogP contribution in [0.15, 0.2) is 96.4 Å². The predicted octanol–water partition coefficient (Wildman–Crippen LogP) is 4.69. The number of aromatic nitrogens is 6. The number of hydrogen-bond acceptors (Lipinski definition) is 6. The van der Waals surface area contributed by atoms with Gasteiger partial charge in [0.2, 0.25) is 5.88 Å². The molecule has 0 unspecified atom stereocenters. The first-order valence-electron chi connectivity index (χ1n) is 11.8. The fourth-order valence-corrected chi connectivity index (χ4v) is 4.10. The van der Waals surface area contributed by atoms with E-state index in [2.05, 4.69) is 25.4 Å². The molecular weight excluding hydrogens is 501 g/mol. The Balaban J connectivity index is 1.19. The molecule has 6 aromatic rings. The SMILES string of the molecule is Cn1cc(-c2cc3c(Oc4ccc(NC(=O)c5cccn(-c6ccc(F)cc6)c5=O)cc4)ncnc3[nH]2)cn1. The van der Waals surface area contributed by atoms with Crippen molar-refractivity contribution in [1.82, 2.24) is 29.3 Å². The molecule has 2 N–H and O–H groups in total. The number of hydrogen-bond donors (Lipinski definition) is 2. The van der Waals surface area contributed by atoms with Crippen LogP contribution in [0.3, 0.4) is 0 Å². The molecule has 10 nitrogen and oxygen atoms in total. The van der Waals surface area contributed by atoms with Crippen molar-refractivity contribution < 1.29 is 13.9 Å². The first-order chi connectivity index (χ1) is 18.9. The van der Waals surface area contributed by atoms with Crippen LogP contribution < -0.4 is 15.6 Å². The molecule has 0 aliphatic rings. The molecule has 4 aromatic heterocycles. The Morgan fingerprint density at radius 2 is 1.85 bits per heavy atom. The molecule has 192 valence electrons. The summed E-state index contributed by atoms with van der Waals surface area (Å²) in [6.07, 6.45) is 6.57. The van der Waals surface area contributed by atoms with Crippen molar-refractivity contribution >= 4 is 22.6 Å². The van der Waals surface area contributed by atoms with E-state index in [1.165, 1.54) is 47.4 Å². The number of nitrogens with one attached hydrogen (secondary N) is 2. The second-order valence-electron chi connectivity index (χ2n) is 8.68. The molecular formula is C28H20FN7O3. The van der Waals surface area contributed by atoms with Crippen molar-refractivity contribution in [3.63, 3.8) is 0 Å². The maximum Gasteiger partial charge on any atom is 0.267 e. The molecule has 0 radical (unpaired) electrons. The van der Waals surface area contributed by atoms with Gasteiger partial charge < -0.3 is 15.0 Å². The lowest BCUT2D eigenvalue weighted by Gasteiger charge is -2.10. The largest absolute Gasteiger partial charge is 0.438 e. The Bertz CT molecular complexity index is 1870. The van der Waals surface area contributed by atoms with Gasteiger partial charge >= 0.3 is 0 Å². The highest BCUT2D eigenvalue weighted by molar-refractivity contribution is 6.04. The number of rotatable bonds is 6. The number of anilines is 1. The zero-order valence-electron chi connectivity index (χ0n) is 20.5. The van der Waals surface area contributed by atoms with Gasteiger partial charge in [-0.3, -0.25) is 18.8 Å². The zero-order chi connectivity index (χ0) is 26.9. The van der Waals surface area contributed by atoms with Gasteiger partial charge in [-0.05, 0) is 66.7 Å². The number of fused-ring (bicyclic) bond motifs is 1. The molecule has 0 fully saturated rings. The highest BCUT2D eigenvalue weighted by atomic mass is 19.1. The van der Waals surface area contributed by atoms with Crippen molar-refractivity contribution in [2.75, 3.05) is 5.32 Å². The maximum absolute atomic E-state index is 13.3. The maximum atomic E-state index is 13.3. The van der Waals surface area contributed by atoms with Crippen LogP contribution in [-0.4, -0.2) is 35.2 Å². The van der Waals surface area contributed by atoms with Crippen LogP contribution in [0, 0.1) is 5.82 Å². The van der Waals surface area contributed by atoms with Gasteiger partial charge in [0, 0.05) is 36.4 Å². The second kappa shape index (κ2) is 9.71. The molecule has 0 aliphatic heterocycles. The van der Waals surface area contributed by atoms with Crippen molar-refractivity contribution in [3.8, 4) is 28.6 Å². The monoisotopic (exact) mass is 521 g/mol. The summed E-state index contributed by atoms with van der Waals surface area (Å²) in [5.41, 5.74) is 2.71. The van der Waals surface area contributed by atoms with Gasteiger partial charge in [0.25, 0.3) is 11.5 Å². The average Bonchev–Trinajstić information content (AvgIpc) is 3.57. The summed E-state index contributed by atoms with van der Waals surface area (Å²) in [6, 6.07) is 17.0. The Labute approximate surface area is 220 Å². The normalized spacial score (nSPS) is 11.0. The van der Waals surface area contributed by atoms with Crippen LogP contribution in [0.1, 0.15) is 10.4 Å². The van der Waals surface area contributed by atoms with Crippen LogP contribution in [0.25, 0.3) is 28.0 Å². The van der Waals surface area contributed by atoms with Crippen molar-refractivity contribution in [3.05, 3.63) is 113 Å². The van der Waals surface area contributed by atoms with Crippen LogP contribution in [-0.2, 0) is 7.05 Å². The minimum atomic E-state index is -0.571. The molecule has 0 bridgehead atoms. The topological polar surface area (TPSA) is 120 Å².